The standard InChI is InChI=1S/C20H19NO2/c1-13-16-9-5-6-10-17(16)23-19(13)20(22)21-18(15-11-12-15)14-7-3-2-4-8-14/h2-10,15,18H,11-12H2,1H3,(H,21,22). The number of fused-ring (bicyclic) bond motifs is 1. The smallest absolute Gasteiger partial charge is 0.287 e. The molecule has 1 amide bonds. The third kappa shape index (κ3) is 2.63. The topological polar surface area (TPSA) is 42.2 Å². The maximum Gasteiger partial charge on any atom is 0.287 e. The molecule has 1 aromatic heterocycles. The van der Waals surface area contributed by atoms with Crippen molar-refractivity contribution in [2.75, 3.05) is 0 Å². The van der Waals surface area contributed by atoms with E-state index >= 15 is 0 Å². The van der Waals surface area contributed by atoms with Gasteiger partial charge >= 0.3 is 0 Å². The van der Waals surface area contributed by atoms with Crippen LogP contribution in [0, 0.1) is 12.8 Å². The molecule has 1 fully saturated rings. The lowest BCUT2D eigenvalue weighted by molar-refractivity contribution is 0.0905. The maximum absolute atomic E-state index is 12.7. The first-order chi connectivity index (χ1) is 11.2. The van der Waals surface area contributed by atoms with Gasteiger partial charge in [-0.1, -0.05) is 48.5 Å². The van der Waals surface area contributed by atoms with Gasteiger partial charge in [0.1, 0.15) is 5.58 Å². The van der Waals surface area contributed by atoms with Gasteiger partial charge in [0.2, 0.25) is 0 Å². The van der Waals surface area contributed by atoms with E-state index in [9.17, 15) is 4.79 Å². The summed E-state index contributed by atoms with van der Waals surface area (Å²) in [4.78, 5) is 12.7. The van der Waals surface area contributed by atoms with E-state index in [1.54, 1.807) is 0 Å². The minimum Gasteiger partial charge on any atom is -0.451 e. The van der Waals surface area contributed by atoms with Gasteiger partial charge in [0.05, 0.1) is 6.04 Å². The van der Waals surface area contributed by atoms with Crippen LogP contribution in [0.4, 0.5) is 0 Å². The number of rotatable bonds is 4. The normalized spacial score (nSPS) is 15.5. The highest BCUT2D eigenvalue weighted by molar-refractivity contribution is 5.99. The summed E-state index contributed by atoms with van der Waals surface area (Å²) < 4.78 is 5.79. The Morgan fingerprint density at radius 2 is 1.78 bits per heavy atom. The molecule has 1 aliphatic rings. The van der Waals surface area contributed by atoms with Crippen molar-refractivity contribution in [2.24, 2.45) is 5.92 Å². The molecule has 1 N–H and O–H groups in total. The zero-order valence-corrected chi connectivity index (χ0v) is 13.1. The van der Waals surface area contributed by atoms with Crippen LogP contribution in [0.1, 0.15) is 40.6 Å². The van der Waals surface area contributed by atoms with Crippen LogP contribution in [0.25, 0.3) is 11.0 Å². The van der Waals surface area contributed by atoms with Gasteiger partial charge in [-0.2, -0.15) is 0 Å². The molecule has 1 heterocycles. The van der Waals surface area contributed by atoms with Gasteiger partial charge in [0, 0.05) is 10.9 Å². The highest BCUT2D eigenvalue weighted by Crippen LogP contribution is 2.41. The highest BCUT2D eigenvalue weighted by atomic mass is 16.3. The molecule has 0 aliphatic heterocycles. The van der Waals surface area contributed by atoms with E-state index in [-0.39, 0.29) is 11.9 Å². The van der Waals surface area contributed by atoms with Gasteiger partial charge < -0.3 is 9.73 Å². The van der Waals surface area contributed by atoms with Crippen LogP contribution in [-0.4, -0.2) is 5.91 Å². The Balaban J connectivity index is 1.64. The second-order valence-corrected chi connectivity index (χ2v) is 6.25. The minimum absolute atomic E-state index is 0.0660. The van der Waals surface area contributed by atoms with Gasteiger partial charge in [-0.05, 0) is 37.3 Å². The summed E-state index contributed by atoms with van der Waals surface area (Å²) in [5.74, 6) is 0.832. The molecule has 1 atom stereocenters. The fourth-order valence-electron chi connectivity index (χ4n) is 3.16. The molecule has 23 heavy (non-hydrogen) atoms. The number of aryl methyl sites for hydroxylation is 1. The first-order valence-electron chi connectivity index (χ1n) is 8.08. The number of carbonyl (C=O) groups is 1. The van der Waals surface area contributed by atoms with Crippen LogP contribution in [0.2, 0.25) is 0 Å². The number of furan rings is 1. The van der Waals surface area contributed by atoms with Crippen molar-refractivity contribution >= 4 is 16.9 Å². The summed E-state index contributed by atoms with van der Waals surface area (Å²) in [5, 5.41) is 4.18. The molecule has 1 aliphatic carbocycles. The molecule has 3 aromatic rings. The molecule has 4 rings (SSSR count). The summed E-state index contributed by atoms with van der Waals surface area (Å²) in [6.07, 6.45) is 2.33. The third-order valence-electron chi connectivity index (χ3n) is 4.59. The summed E-state index contributed by atoms with van der Waals surface area (Å²) in [6, 6.07) is 18.0. The van der Waals surface area contributed by atoms with Crippen LogP contribution in [-0.2, 0) is 0 Å². The summed E-state index contributed by atoms with van der Waals surface area (Å²) in [7, 11) is 0. The van der Waals surface area contributed by atoms with Crippen molar-refractivity contribution in [3.05, 3.63) is 71.5 Å². The lowest BCUT2D eigenvalue weighted by Gasteiger charge is -2.18. The van der Waals surface area contributed by atoms with Crippen molar-refractivity contribution in [3.63, 3.8) is 0 Å². The monoisotopic (exact) mass is 305 g/mol. The van der Waals surface area contributed by atoms with E-state index in [2.05, 4.69) is 17.4 Å². The fourth-order valence-corrected chi connectivity index (χ4v) is 3.16. The summed E-state index contributed by atoms with van der Waals surface area (Å²) in [6.45, 7) is 1.94. The minimum atomic E-state index is -0.126. The number of para-hydroxylation sites is 1. The van der Waals surface area contributed by atoms with Crippen LogP contribution in [0.5, 0.6) is 0 Å². The number of benzene rings is 2. The van der Waals surface area contributed by atoms with Crippen LogP contribution in [0.15, 0.2) is 59.0 Å². The van der Waals surface area contributed by atoms with Crippen molar-refractivity contribution in [1.29, 1.82) is 0 Å². The maximum atomic E-state index is 12.7. The molecule has 2 aromatic carbocycles. The van der Waals surface area contributed by atoms with Crippen LogP contribution < -0.4 is 5.32 Å². The molecule has 1 unspecified atom stereocenters. The van der Waals surface area contributed by atoms with E-state index in [1.807, 2.05) is 49.4 Å². The molecule has 0 radical (unpaired) electrons. The van der Waals surface area contributed by atoms with E-state index in [4.69, 9.17) is 4.42 Å². The average molecular weight is 305 g/mol. The Morgan fingerprint density at radius 1 is 1.09 bits per heavy atom. The molecule has 3 heteroatoms. The zero-order valence-electron chi connectivity index (χ0n) is 13.1. The van der Waals surface area contributed by atoms with E-state index < -0.39 is 0 Å². The molecule has 1 saturated carbocycles. The highest BCUT2D eigenvalue weighted by Gasteiger charge is 2.34. The molecule has 0 bridgehead atoms. The molecular formula is C20H19NO2. The summed E-state index contributed by atoms with van der Waals surface area (Å²) in [5.41, 5.74) is 2.83. The number of amides is 1. The second kappa shape index (κ2) is 5.58. The second-order valence-electron chi connectivity index (χ2n) is 6.25. The van der Waals surface area contributed by atoms with Gasteiger partial charge in [0.15, 0.2) is 5.76 Å². The lowest BCUT2D eigenvalue weighted by atomic mass is 10.0. The first kappa shape index (κ1) is 14.1. The van der Waals surface area contributed by atoms with Gasteiger partial charge in [-0.3, -0.25) is 4.79 Å². The van der Waals surface area contributed by atoms with Crippen LogP contribution in [0.3, 0.4) is 0 Å². The first-order valence-corrected chi connectivity index (χ1v) is 8.08. The van der Waals surface area contributed by atoms with Crippen molar-refractivity contribution in [3.8, 4) is 0 Å². The molecular weight excluding hydrogens is 286 g/mol. The Kier molecular flexibility index (Phi) is 3.41. The lowest BCUT2D eigenvalue weighted by Crippen LogP contribution is -2.30. The Hall–Kier alpha value is -2.55. The fraction of sp³-hybridized carbons (Fsp3) is 0.250. The van der Waals surface area contributed by atoms with E-state index in [0.29, 0.717) is 11.7 Å². The average Bonchev–Trinajstić information content (AvgIpc) is 3.37. The SMILES string of the molecule is Cc1c(C(=O)NC(c2ccccc2)C2CC2)oc2ccccc12. The quantitative estimate of drug-likeness (QED) is 0.764. The van der Waals surface area contributed by atoms with E-state index in [1.165, 1.54) is 12.8 Å². The van der Waals surface area contributed by atoms with Crippen molar-refractivity contribution < 1.29 is 9.21 Å². The summed E-state index contributed by atoms with van der Waals surface area (Å²) >= 11 is 0. The number of carbonyl (C=O) groups excluding carboxylic acids is 1. The molecule has 116 valence electrons. The van der Waals surface area contributed by atoms with Crippen LogP contribution >= 0.6 is 0 Å². The third-order valence-corrected chi connectivity index (χ3v) is 4.59. The largest absolute Gasteiger partial charge is 0.451 e. The molecule has 0 spiro atoms. The van der Waals surface area contributed by atoms with Crippen molar-refractivity contribution in [1.82, 2.24) is 5.32 Å². The Bertz CT molecular complexity index is 846. The predicted octanol–water partition coefficient (Wildman–Crippen LogP) is 4.62. The van der Waals surface area contributed by atoms with E-state index in [0.717, 1.165) is 22.1 Å². The number of hydrogen-bond donors (Lipinski definition) is 1. The van der Waals surface area contributed by atoms with Gasteiger partial charge in [-0.15, -0.1) is 0 Å². The van der Waals surface area contributed by atoms with Gasteiger partial charge in [0.25, 0.3) is 5.91 Å². The zero-order chi connectivity index (χ0) is 15.8. The van der Waals surface area contributed by atoms with Crippen molar-refractivity contribution in [2.45, 2.75) is 25.8 Å². The molecule has 3 nitrogen and oxygen atoms in total. The number of hydrogen-bond acceptors (Lipinski definition) is 2. The Morgan fingerprint density at radius 3 is 2.48 bits per heavy atom. The predicted molar refractivity (Wildman–Crippen MR) is 90.3 cm³/mol. The Labute approximate surface area is 135 Å². The molecule has 0 saturated heterocycles. The number of nitrogens with one attached hydrogen (secondary N) is 1. The van der Waals surface area contributed by atoms with Gasteiger partial charge in [-0.25, -0.2) is 0 Å².